The highest BCUT2D eigenvalue weighted by atomic mass is 19.1. The fourth-order valence-electron chi connectivity index (χ4n) is 1.80. The molecule has 0 aromatic heterocycles. The first-order valence-electron chi connectivity index (χ1n) is 6.52. The monoisotopic (exact) mass is 289 g/mol. The van der Waals surface area contributed by atoms with E-state index >= 15 is 0 Å². The molecular weight excluding hydrogens is 273 g/mol. The zero-order chi connectivity index (χ0) is 15.2. The highest BCUT2D eigenvalue weighted by Gasteiger charge is 2.16. The number of amides is 1. The molecule has 0 spiro atoms. The van der Waals surface area contributed by atoms with Gasteiger partial charge >= 0.3 is 0 Å². The molecule has 5 heteroatoms. The van der Waals surface area contributed by atoms with Crippen LogP contribution in [0.5, 0.6) is 5.75 Å². The molecule has 0 aliphatic heterocycles. The van der Waals surface area contributed by atoms with Crippen LogP contribution in [0, 0.1) is 5.82 Å². The summed E-state index contributed by atoms with van der Waals surface area (Å²) in [5, 5.41) is 11.9. The molecule has 1 amide bonds. The quantitative estimate of drug-likeness (QED) is 0.889. The highest BCUT2D eigenvalue weighted by molar-refractivity contribution is 5.94. The number of carbonyl (C=O) groups excluding carboxylic acids is 1. The average Bonchev–Trinajstić information content (AvgIpc) is 2.49. The summed E-state index contributed by atoms with van der Waals surface area (Å²) in [6.07, 6.45) is -0.777. The maximum absolute atomic E-state index is 13.1. The number of aliphatic hydroxyl groups excluding tert-OH is 1. The third-order valence-corrected chi connectivity index (χ3v) is 2.91. The Hall–Kier alpha value is -2.40. The van der Waals surface area contributed by atoms with Gasteiger partial charge in [-0.05, 0) is 37.3 Å². The fraction of sp³-hybridized carbons (Fsp3) is 0.188. The molecule has 2 rings (SSSR count). The Bertz CT molecular complexity index is 616. The van der Waals surface area contributed by atoms with Crippen LogP contribution in [0.3, 0.4) is 0 Å². The minimum Gasteiger partial charge on any atom is -0.481 e. The first-order valence-corrected chi connectivity index (χ1v) is 6.52. The first-order chi connectivity index (χ1) is 10.1. The topological polar surface area (TPSA) is 58.6 Å². The van der Waals surface area contributed by atoms with Crippen molar-refractivity contribution in [3.63, 3.8) is 0 Å². The molecule has 4 nitrogen and oxygen atoms in total. The van der Waals surface area contributed by atoms with Gasteiger partial charge in [-0.2, -0.15) is 0 Å². The smallest absolute Gasteiger partial charge is 0.265 e. The number of rotatable bonds is 5. The Morgan fingerprint density at radius 1 is 1.29 bits per heavy atom. The van der Waals surface area contributed by atoms with Crippen LogP contribution in [-0.2, 0) is 11.4 Å². The lowest BCUT2D eigenvalue weighted by Crippen LogP contribution is -2.30. The predicted molar refractivity (Wildman–Crippen MR) is 77.5 cm³/mol. The lowest BCUT2D eigenvalue weighted by atomic mass is 10.2. The van der Waals surface area contributed by atoms with Crippen LogP contribution in [0.25, 0.3) is 0 Å². The second kappa shape index (κ2) is 6.85. The van der Waals surface area contributed by atoms with Gasteiger partial charge in [0.15, 0.2) is 6.10 Å². The van der Waals surface area contributed by atoms with Crippen LogP contribution in [0.4, 0.5) is 10.1 Å². The minimum absolute atomic E-state index is 0.287. The van der Waals surface area contributed by atoms with E-state index in [1.54, 1.807) is 19.1 Å². The number of hydrogen-bond acceptors (Lipinski definition) is 3. The van der Waals surface area contributed by atoms with E-state index in [0.29, 0.717) is 11.3 Å². The molecular formula is C16H16FNO3. The number of ether oxygens (including phenoxy) is 1. The van der Waals surface area contributed by atoms with Crippen LogP contribution in [0.2, 0.25) is 0 Å². The molecule has 0 bridgehead atoms. The second-order valence-corrected chi connectivity index (χ2v) is 4.53. The van der Waals surface area contributed by atoms with Gasteiger partial charge in [0.2, 0.25) is 0 Å². The molecule has 1 atom stereocenters. The second-order valence-electron chi connectivity index (χ2n) is 4.53. The van der Waals surface area contributed by atoms with Gasteiger partial charge in [-0.25, -0.2) is 4.39 Å². The Balaban J connectivity index is 2.04. The van der Waals surface area contributed by atoms with Crippen LogP contribution in [0.15, 0.2) is 48.5 Å². The van der Waals surface area contributed by atoms with E-state index in [1.165, 1.54) is 18.2 Å². The Morgan fingerprint density at radius 2 is 2.00 bits per heavy atom. The zero-order valence-electron chi connectivity index (χ0n) is 11.5. The summed E-state index contributed by atoms with van der Waals surface area (Å²) in [7, 11) is 0. The van der Waals surface area contributed by atoms with Crippen molar-refractivity contribution in [2.75, 3.05) is 5.32 Å². The molecule has 0 saturated carbocycles. The van der Waals surface area contributed by atoms with Gasteiger partial charge in [-0.3, -0.25) is 4.79 Å². The average molecular weight is 289 g/mol. The number of benzene rings is 2. The van der Waals surface area contributed by atoms with Crippen molar-refractivity contribution in [1.82, 2.24) is 0 Å². The highest BCUT2D eigenvalue weighted by Crippen LogP contribution is 2.21. The standard InChI is InChI=1S/C16H16FNO3/c1-11(16(20)18-14-5-3-2-4-6-14)21-15-8-7-13(17)9-12(15)10-19/h2-9,11,19H,10H2,1H3,(H,18,20). The first kappa shape index (κ1) is 15.0. The van der Waals surface area contributed by atoms with Crippen molar-refractivity contribution in [3.05, 3.63) is 59.9 Å². The normalized spacial score (nSPS) is 11.8. The van der Waals surface area contributed by atoms with E-state index in [-0.39, 0.29) is 18.3 Å². The summed E-state index contributed by atoms with van der Waals surface area (Å²) >= 11 is 0. The van der Waals surface area contributed by atoms with Gasteiger partial charge in [0.25, 0.3) is 5.91 Å². The molecule has 2 aromatic rings. The lowest BCUT2D eigenvalue weighted by molar-refractivity contribution is -0.122. The molecule has 0 aliphatic rings. The van der Waals surface area contributed by atoms with E-state index in [2.05, 4.69) is 5.32 Å². The van der Waals surface area contributed by atoms with E-state index in [4.69, 9.17) is 4.74 Å². The summed E-state index contributed by atoms with van der Waals surface area (Å²) in [6, 6.07) is 12.8. The molecule has 0 saturated heterocycles. The number of carbonyl (C=O) groups is 1. The molecule has 0 heterocycles. The molecule has 21 heavy (non-hydrogen) atoms. The Kier molecular flexibility index (Phi) is 4.90. The van der Waals surface area contributed by atoms with E-state index in [9.17, 15) is 14.3 Å². The largest absolute Gasteiger partial charge is 0.481 e. The van der Waals surface area contributed by atoms with Crippen molar-refractivity contribution in [3.8, 4) is 5.75 Å². The summed E-state index contributed by atoms with van der Waals surface area (Å²) < 4.78 is 18.6. The Morgan fingerprint density at radius 3 is 2.67 bits per heavy atom. The molecule has 0 aliphatic carbocycles. The zero-order valence-corrected chi connectivity index (χ0v) is 11.5. The molecule has 0 radical (unpaired) electrons. The van der Waals surface area contributed by atoms with E-state index < -0.39 is 11.9 Å². The Labute approximate surface area is 122 Å². The van der Waals surface area contributed by atoms with E-state index in [1.807, 2.05) is 18.2 Å². The number of anilines is 1. The van der Waals surface area contributed by atoms with Crippen molar-refractivity contribution in [2.24, 2.45) is 0 Å². The molecule has 110 valence electrons. The number of para-hydroxylation sites is 1. The fourth-order valence-corrected chi connectivity index (χ4v) is 1.80. The van der Waals surface area contributed by atoms with Crippen molar-refractivity contribution in [2.45, 2.75) is 19.6 Å². The number of hydrogen-bond donors (Lipinski definition) is 2. The SMILES string of the molecule is CC(Oc1ccc(F)cc1CO)C(=O)Nc1ccccc1. The van der Waals surface area contributed by atoms with Gasteiger partial charge in [0.05, 0.1) is 6.61 Å². The van der Waals surface area contributed by atoms with Gasteiger partial charge in [-0.15, -0.1) is 0 Å². The lowest BCUT2D eigenvalue weighted by Gasteiger charge is -2.16. The van der Waals surface area contributed by atoms with Crippen LogP contribution in [0.1, 0.15) is 12.5 Å². The van der Waals surface area contributed by atoms with Gasteiger partial charge in [0.1, 0.15) is 11.6 Å². The molecule has 1 unspecified atom stereocenters. The summed E-state index contributed by atoms with van der Waals surface area (Å²) in [5.41, 5.74) is 0.966. The molecule has 2 aromatic carbocycles. The molecule has 0 fully saturated rings. The number of halogens is 1. The third kappa shape index (κ3) is 4.03. The van der Waals surface area contributed by atoms with Crippen molar-refractivity contribution < 1.29 is 19.0 Å². The van der Waals surface area contributed by atoms with Gasteiger partial charge in [0, 0.05) is 11.3 Å². The summed E-state index contributed by atoms with van der Waals surface area (Å²) in [4.78, 5) is 12.0. The van der Waals surface area contributed by atoms with E-state index in [0.717, 1.165) is 0 Å². The summed E-state index contributed by atoms with van der Waals surface area (Å²) in [5.74, 6) is -0.503. The maximum Gasteiger partial charge on any atom is 0.265 e. The number of nitrogens with one attached hydrogen (secondary N) is 1. The minimum atomic E-state index is -0.777. The number of aliphatic hydroxyl groups is 1. The third-order valence-electron chi connectivity index (χ3n) is 2.91. The summed E-state index contributed by atoms with van der Waals surface area (Å²) in [6.45, 7) is 1.23. The van der Waals surface area contributed by atoms with Crippen molar-refractivity contribution >= 4 is 11.6 Å². The van der Waals surface area contributed by atoms with Crippen LogP contribution >= 0.6 is 0 Å². The van der Waals surface area contributed by atoms with Crippen LogP contribution < -0.4 is 10.1 Å². The molecule has 2 N–H and O–H groups in total. The van der Waals surface area contributed by atoms with Gasteiger partial charge < -0.3 is 15.2 Å². The maximum atomic E-state index is 13.1. The predicted octanol–water partition coefficient (Wildman–Crippen LogP) is 2.72. The van der Waals surface area contributed by atoms with Crippen molar-refractivity contribution in [1.29, 1.82) is 0 Å². The van der Waals surface area contributed by atoms with Gasteiger partial charge in [-0.1, -0.05) is 18.2 Å². The van der Waals surface area contributed by atoms with Crippen LogP contribution in [-0.4, -0.2) is 17.1 Å².